The third-order valence-corrected chi connectivity index (χ3v) is 4.88. The molecule has 0 radical (unpaired) electrons. The fraction of sp³-hybridized carbons (Fsp3) is 0.471. The van der Waals surface area contributed by atoms with E-state index in [1.165, 1.54) is 11.1 Å². The highest BCUT2D eigenvalue weighted by molar-refractivity contribution is 7.80. The predicted octanol–water partition coefficient (Wildman–Crippen LogP) is 3.10. The molecule has 1 aliphatic heterocycles. The smallest absolute Gasteiger partial charge is 0.399 e. The Morgan fingerprint density at radius 1 is 1.21 bits per heavy atom. The molecule has 1 heterocycles. The lowest BCUT2D eigenvalue weighted by Gasteiger charge is -2.29. The summed E-state index contributed by atoms with van der Waals surface area (Å²) >= 11 is 0. The number of dihydropyridines is 1. The second kappa shape index (κ2) is 7.04. The van der Waals surface area contributed by atoms with Crippen molar-refractivity contribution in [2.45, 2.75) is 44.8 Å². The molecule has 130 valence electrons. The van der Waals surface area contributed by atoms with E-state index in [-0.39, 0.29) is 0 Å². The molecule has 0 saturated carbocycles. The van der Waals surface area contributed by atoms with Crippen LogP contribution in [-0.4, -0.2) is 32.0 Å². The van der Waals surface area contributed by atoms with Crippen LogP contribution in [0.25, 0.3) is 0 Å². The summed E-state index contributed by atoms with van der Waals surface area (Å²) in [6.45, 7) is 0. The topological polar surface area (TPSA) is 85.2 Å². The molecule has 1 N–H and O–H groups in total. The molecule has 0 saturated heterocycles. The summed E-state index contributed by atoms with van der Waals surface area (Å²) in [5, 5.41) is 0. The van der Waals surface area contributed by atoms with Crippen LogP contribution in [0.1, 0.15) is 37.7 Å². The van der Waals surface area contributed by atoms with Crippen molar-refractivity contribution in [2.24, 2.45) is 4.99 Å². The zero-order valence-corrected chi connectivity index (χ0v) is 14.4. The van der Waals surface area contributed by atoms with Gasteiger partial charge in [0.25, 0.3) is 0 Å². The molecule has 0 aromatic heterocycles. The van der Waals surface area contributed by atoms with E-state index in [0.717, 1.165) is 42.7 Å². The van der Waals surface area contributed by atoms with Crippen molar-refractivity contribution in [3.8, 4) is 5.75 Å². The Labute approximate surface area is 142 Å². The van der Waals surface area contributed by atoms with E-state index in [0.29, 0.717) is 12.8 Å². The summed E-state index contributed by atoms with van der Waals surface area (Å²) < 4.78 is 40.9. The fourth-order valence-corrected chi connectivity index (χ4v) is 3.73. The molecule has 0 bridgehead atoms. The Morgan fingerprint density at radius 3 is 2.58 bits per heavy atom. The number of nitrogens with zero attached hydrogens (tertiary/aromatic N) is 1. The minimum atomic E-state index is -4.51. The normalized spacial score (nSPS) is 21.2. The van der Waals surface area contributed by atoms with Crippen molar-refractivity contribution >= 4 is 16.1 Å². The van der Waals surface area contributed by atoms with Crippen molar-refractivity contribution in [1.29, 1.82) is 0 Å². The Hall–Kier alpha value is -1.70. The third kappa shape index (κ3) is 4.23. The van der Waals surface area contributed by atoms with E-state index in [4.69, 9.17) is 13.5 Å². The lowest BCUT2D eigenvalue weighted by atomic mass is 9.83. The van der Waals surface area contributed by atoms with Crippen LogP contribution in [0.15, 0.2) is 40.4 Å². The number of benzene rings is 1. The maximum Gasteiger partial charge on any atom is 0.399 e. The van der Waals surface area contributed by atoms with E-state index in [9.17, 15) is 8.42 Å². The van der Waals surface area contributed by atoms with Gasteiger partial charge in [0.1, 0.15) is 5.75 Å². The van der Waals surface area contributed by atoms with Gasteiger partial charge in [-0.15, -0.1) is 0 Å². The van der Waals surface area contributed by atoms with Gasteiger partial charge in [-0.2, -0.15) is 8.42 Å². The summed E-state index contributed by atoms with van der Waals surface area (Å²) in [4.78, 5) is 4.46. The molecule has 1 aromatic rings. The van der Waals surface area contributed by atoms with E-state index < -0.39 is 16.6 Å². The Kier molecular flexibility index (Phi) is 5.03. The number of aliphatic imine (C=N–C) groups is 1. The van der Waals surface area contributed by atoms with Gasteiger partial charge in [-0.3, -0.25) is 9.55 Å². The summed E-state index contributed by atoms with van der Waals surface area (Å²) in [7, 11) is -2.89. The first-order chi connectivity index (χ1) is 11.4. The van der Waals surface area contributed by atoms with Crippen molar-refractivity contribution in [2.75, 3.05) is 7.11 Å². The first-order valence-electron chi connectivity index (χ1n) is 8.01. The van der Waals surface area contributed by atoms with Crippen LogP contribution >= 0.6 is 0 Å². The SMILES string of the molecule is COc1ccc(CC2=NC(OS(=O)(=O)O)CC3=C2CCCC3)cc1. The van der Waals surface area contributed by atoms with Crippen LogP contribution in [0, 0.1) is 0 Å². The lowest BCUT2D eigenvalue weighted by molar-refractivity contribution is 0.186. The standard InChI is InChI=1S/C17H21NO5S/c1-22-14-8-6-12(7-9-14)10-16-15-5-3-2-4-13(15)11-17(18-16)23-24(19,20)21/h6-9,17H,2-5,10-11H2,1H3,(H,19,20,21). The Morgan fingerprint density at radius 2 is 1.92 bits per heavy atom. The molecule has 3 rings (SSSR count). The molecule has 7 heteroatoms. The van der Waals surface area contributed by atoms with Gasteiger partial charge >= 0.3 is 10.4 Å². The van der Waals surface area contributed by atoms with Gasteiger partial charge in [-0.05, 0) is 49.0 Å². The molecule has 24 heavy (non-hydrogen) atoms. The highest BCUT2D eigenvalue weighted by atomic mass is 32.3. The Bertz CT molecular complexity index is 765. The van der Waals surface area contributed by atoms with E-state index in [2.05, 4.69) is 4.99 Å². The minimum absolute atomic E-state index is 0.432. The zero-order valence-electron chi connectivity index (χ0n) is 13.6. The molecule has 0 fully saturated rings. The molecule has 1 atom stereocenters. The highest BCUT2D eigenvalue weighted by Crippen LogP contribution is 2.34. The number of ether oxygens (including phenoxy) is 1. The molecule has 2 aliphatic rings. The Balaban J connectivity index is 1.86. The molecular weight excluding hydrogens is 330 g/mol. The van der Waals surface area contributed by atoms with Gasteiger partial charge in [-0.25, -0.2) is 4.18 Å². The van der Waals surface area contributed by atoms with Gasteiger partial charge in [-0.1, -0.05) is 17.7 Å². The second-order valence-corrected chi connectivity index (χ2v) is 7.12. The molecule has 1 aliphatic carbocycles. The van der Waals surface area contributed by atoms with Crippen LogP contribution in [0.4, 0.5) is 0 Å². The largest absolute Gasteiger partial charge is 0.497 e. The van der Waals surface area contributed by atoms with Crippen molar-refractivity contribution in [1.82, 2.24) is 0 Å². The van der Waals surface area contributed by atoms with Gasteiger partial charge in [0.2, 0.25) is 0 Å². The minimum Gasteiger partial charge on any atom is -0.497 e. The van der Waals surface area contributed by atoms with Crippen molar-refractivity contribution < 1.29 is 21.9 Å². The molecule has 1 unspecified atom stereocenters. The highest BCUT2D eigenvalue weighted by Gasteiger charge is 2.28. The first kappa shape index (κ1) is 17.1. The number of hydrogen-bond acceptors (Lipinski definition) is 5. The van der Waals surface area contributed by atoms with Gasteiger partial charge in [0.05, 0.1) is 7.11 Å². The van der Waals surface area contributed by atoms with E-state index in [1.807, 2.05) is 24.3 Å². The third-order valence-electron chi connectivity index (χ3n) is 4.41. The molecule has 0 amide bonds. The number of hydrogen-bond donors (Lipinski definition) is 1. The van der Waals surface area contributed by atoms with Crippen molar-refractivity contribution in [3.05, 3.63) is 41.0 Å². The first-order valence-corrected chi connectivity index (χ1v) is 9.37. The van der Waals surface area contributed by atoms with Gasteiger partial charge < -0.3 is 4.74 Å². The average molecular weight is 351 g/mol. The molecule has 0 spiro atoms. The average Bonchev–Trinajstić information content (AvgIpc) is 2.54. The summed E-state index contributed by atoms with van der Waals surface area (Å²) in [5.74, 6) is 0.787. The molecular formula is C17H21NO5S. The predicted molar refractivity (Wildman–Crippen MR) is 90.7 cm³/mol. The summed E-state index contributed by atoms with van der Waals surface area (Å²) in [6.07, 6.45) is 4.27. The number of allylic oxidation sites excluding steroid dienone is 1. The number of methoxy groups -OCH3 is 1. The zero-order chi connectivity index (χ0) is 17.2. The number of rotatable bonds is 5. The van der Waals surface area contributed by atoms with Crippen LogP contribution in [0.3, 0.4) is 0 Å². The summed E-state index contributed by atoms with van der Waals surface area (Å²) in [6, 6.07) is 7.72. The van der Waals surface area contributed by atoms with Crippen LogP contribution in [-0.2, 0) is 21.0 Å². The second-order valence-electron chi connectivity index (χ2n) is 6.07. The van der Waals surface area contributed by atoms with Crippen LogP contribution in [0.5, 0.6) is 5.75 Å². The van der Waals surface area contributed by atoms with Gasteiger partial charge in [0, 0.05) is 18.6 Å². The van der Waals surface area contributed by atoms with Crippen molar-refractivity contribution in [3.63, 3.8) is 0 Å². The van der Waals surface area contributed by atoms with E-state index >= 15 is 0 Å². The maximum absolute atomic E-state index is 11.0. The maximum atomic E-state index is 11.0. The lowest BCUT2D eigenvalue weighted by Crippen LogP contribution is -2.26. The molecule has 1 aromatic carbocycles. The quantitative estimate of drug-likeness (QED) is 0.824. The summed E-state index contributed by atoms with van der Waals surface area (Å²) in [5.41, 5.74) is 4.36. The fourth-order valence-electron chi connectivity index (χ4n) is 3.33. The van der Waals surface area contributed by atoms with Crippen LogP contribution < -0.4 is 4.74 Å². The van der Waals surface area contributed by atoms with Crippen LogP contribution in [0.2, 0.25) is 0 Å². The monoisotopic (exact) mass is 351 g/mol. The molecule has 6 nitrogen and oxygen atoms in total. The van der Waals surface area contributed by atoms with E-state index in [1.54, 1.807) is 7.11 Å². The van der Waals surface area contributed by atoms with Gasteiger partial charge in [0.15, 0.2) is 6.23 Å².